The first-order valence-electron chi connectivity index (χ1n) is 8.35. The summed E-state index contributed by atoms with van der Waals surface area (Å²) in [6.45, 7) is 0.983. The van der Waals surface area contributed by atoms with Gasteiger partial charge in [-0.3, -0.25) is 4.79 Å². The van der Waals surface area contributed by atoms with Gasteiger partial charge in [-0.25, -0.2) is 9.37 Å². The van der Waals surface area contributed by atoms with Crippen LogP contribution in [-0.2, 0) is 11.2 Å². The number of halogens is 1. The summed E-state index contributed by atoms with van der Waals surface area (Å²) in [5.74, 6) is 0.271. The molecule has 3 rings (SSSR count). The Bertz CT molecular complexity index is 835. The highest BCUT2D eigenvalue weighted by Gasteiger charge is 2.08. The summed E-state index contributed by atoms with van der Waals surface area (Å²) in [4.78, 5) is 16.5. The molecule has 1 N–H and O–H groups in total. The highest BCUT2D eigenvalue weighted by atomic mass is 32.1. The van der Waals surface area contributed by atoms with Gasteiger partial charge in [-0.2, -0.15) is 0 Å². The zero-order chi connectivity index (χ0) is 18.2. The van der Waals surface area contributed by atoms with Crippen LogP contribution < -0.4 is 10.1 Å². The van der Waals surface area contributed by atoms with Crippen molar-refractivity contribution in [3.05, 3.63) is 71.5 Å². The molecule has 0 saturated heterocycles. The van der Waals surface area contributed by atoms with Crippen LogP contribution in [0, 0.1) is 5.82 Å². The minimum Gasteiger partial charge on any atom is -0.494 e. The highest BCUT2D eigenvalue weighted by Crippen LogP contribution is 2.23. The lowest BCUT2D eigenvalue weighted by Gasteiger charge is -2.07. The van der Waals surface area contributed by atoms with E-state index in [4.69, 9.17) is 4.74 Å². The molecular formula is C20H19FN2O2S. The average molecular weight is 370 g/mol. The van der Waals surface area contributed by atoms with Crippen LogP contribution in [0.25, 0.3) is 10.6 Å². The summed E-state index contributed by atoms with van der Waals surface area (Å²) >= 11 is 1.54. The third-order valence-electron chi connectivity index (χ3n) is 3.64. The lowest BCUT2D eigenvalue weighted by Crippen LogP contribution is -2.27. The van der Waals surface area contributed by atoms with Crippen molar-refractivity contribution in [2.45, 2.75) is 12.8 Å². The van der Waals surface area contributed by atoms with E-state index in [0.717, 1.165) is 16.3 Å². The van der Waals surface area contributed by atoms with E-state index in [9.17, 15) is 9.18 Å². The molecule has 0 saturated carbocycles. The second-order valence-electron chi connectivity index (χ2n) is 5.69. The van der Waals surface area contributed by atoms with Crippen molar-refractivity contribution in [2.75, 3.05) is 13.2 Å². The number of thiazole rings is 1. The van der Waals surface area contributed by atoms with Crippen LogP contribution in [0.3, 0.4) is 0 Å². The van der Waals surface area contributed by atoms with Gasteiger partial charge in [0.15, 0.2) is 0 Å². The molecule has 0 aliphatic heterocycles. The first-order valence-corrected chi connectivity index (χ1v) is 9.23. The van der Waals surface area contributed by atoms with Crippen LogP contribution in [0.5, 0.6) is 5.75 Å². The standard InChI is InChI=1S/C20H19FN2O2S/c21-16-7-9-18(10-8-16)25-12-4-11-22-19(24)13-17-14-26-20(23-17)15-5-2-1-3-6-15/h1-3,5-10,14H,4,11-13H2,(H,22,24). The van der Waals surface area contributed by atoms with E-state index in [1.54, 1.807) is 12.1 Å². The van der Waals surface area contributed by atoms with Gasteiger partial charge in [0, 0.05) is 17.5 Å². The smallest absolute Gasteiger partial charge is 0.226 e. The Balaban J connectivity index is 1.37. The van der Waals surface area contributed by atoms with Crippen molar-refractivity contribution in [1.29, 1.82) is 0 Å². The maximum atomic E-state index is 12.8. The van der Waals surface area contributed by atoms with Gasteiger partial charge in [0.05, 0.1) is 18.7 Å². The molecule has 6 heteroatoms. The Hall–Kier alpha value is -2.73. The van der Waals surface area contributed by atoms with Gasteiger partial charge in [-0.05, 0) is 30.7 Å². The summed E-state index contributed by atoms with van der Waals surface area (Å²) in [5.41, 5.74) is 1.83. The molecule has 0 atom stereocenters. The van der Waals surface area contributed by atoms with E-state index in [1.807, 2.05) is 35.7 Å². The molecule has 0 aliphatic carbocycles. The van der Waals surface area contributed by atoms with E-state index in [-0.39, 0.29) is 18.1 Å². The zero-order valence-electron chi connectivity index (χ0n) is 14.2. The van der Waals surface area contributed by atoms with Crippen molar-refractivity contribution in [1.82, 2.24) is 10.3 Å². The van der Waals surface area contributed by atoms with Gasteiger partial charge in [-0.1, -0.05) is 30.3 Å². The van der Waals surface area contributed by atoms with E-state index < -0.39 is 0 Å². The van der Waals surface area contributed by atoms with Gasteiger partial charge in [-0.15, -0.1) is 11.3 Å². The van der Waals surface area contributed by atoms with Crippen LogP contribution >= 0.6 is 11.3 Å². The molecule has 0 aliphatic rings. The second kappa shape index (κ2) is 9.10. The third kappa shape index (κ3) is 5.39. The zero-order valence-corrected chi connectivity index (χ0v) is 15.0. The average Bonchev–Trinajstić information content (AvgIpc) is 3.12. The number of rotatable bonds is 8. The van der Waals surface area contributed by atoms with Crippen molar-refractivity contribution >= 4 is 17.2 Å². The summed E-state index contributed by atoms with van der Waals surface area (Å²) in [6.07, 6.45) is 0.942. The van der Waals surface area contributed by atoms with Crippen molar-refractivity contribution in [3.63, 3.8) is 0 Å². The van der Waals surface area contributed by atoms with Gasteiger partial charge >= 0.3 is 0 Å². The minimum absolute atomic E-state index is 0.0586. The molecule has 0 unspecified atom stereocenters. The Morgan fingerprint density at radius 2 is 1.88 bits per heavy atom. The fraction of sp³-hybridized carbons (Fsp3) is 0.200. The quantitative estimate of drug-likeness (QED) is 0.608. The number of carbonyl (C=O) groups is 1. The van der Waals surface area contributed by atoms with Crippen LogP contribution in [0.2, 0.25) is 0 Å². The molecule has 1 heterocycles. The predicted molar refractivity (Wildman–Crippen MR) is 101 cm³/mol. The fourth-order valence-corrected chi connectivity index (χ4v) is 3.18. The highest BCUT2D eigenvalue weighted by molar-refractivity contribution is 7.13. The molecule has 0 bridgehead atoms. The molecule has 134 valence electrons. The fourth-order valence-electron chi connectivity index (χ4n) is 2.35. The van der Waals surface area contributed by atoms with E-state index in [0.29, 0.717) is 25.3 Å². The summed E-state index contributed by atoms with van der Waals surface area (Å²) in [6, 6.07) is 15.8. The maximum absolute atomic E-state index is 12.8. The summed E-state index contributed by atoms with van der Waals surface area (Å²) in [5, 5.41) is 5.70. The Kier molecular flexibility index (Phi) is 6.33. The van der Waals surface area contributed by atoms with Crippen LogP contribution in [0.15, 0.2) is 60.0 Å². The Morgan fingerprint density at radius 1 is 1.12 bits per heavy atom. The van der Waals surface area contributed by atoms with Gasteiger partial charge < -0.3 is 10.1 Å². The van der Waals surface area contributed by atoms with Crippen molar-refractivity contribution in [3.8, 4) is 16.3 Å². The van der Waals surface area contributed by atoms with Crippen molar-refractivity contribution < 1.29 is 13.9 Å². The minimum atomic E-state index is -0.290. The number of benzene rings is 2. The molecule has 2 aromatic carbocycles. The molecule has 26 heavy (non-hydrogen) atoms. The molecule has 1 aromatic heterocycles. The molecule has 4 nitrogen and oxygen atoms in total. The van der Waals surface area contributed by atoms with Gasteiger partial charge in [0.1, 0.15) is 16.6 Å². The molecular weight excluding hydrogens is 351 g/mol. The molecule has 0 radical (unpaired) electrons. The number of nitrogens with zero attached hydrogens (tertiary/aromatic N) is 1. The molecule has 0 spiro atoms. The topological polar surface area (TPSA) is 51.2 Å². The number of aromatic nitrogens is 1. The van der Waals surface area contributed by atoms with Gasteiger partial charge in [0.2, 0.25) is 5.91 Å². The van der Waals surface area contributed by atoms with Crippen molar-refractivity contribution in [2.24, 2.45) is 0 Å². The van der Waals surface area contributed by atoms with Crippen LogP contribution in [-0.4, -0.2) is 24.0 Å². The lowest BCUT2D eigenvalue weighted by molar-refractivity contribution is -0.120. The largest absolute Gasteiger partial charge is 0.494 e. The number of hydrogen-bond acceptors (Lipinski definition) is 4. The number of hydrogen-bond donors (Lipinski definition) is 1. The van der Waals surface area contributed by atoms with E-state index in [1.165, 1.54) is 23.5 Å². The maximum Gasteiger partial charge on any atom is 0.226 e. The summed E-state index contributed by atoms with van der Waals surface area (Å²) in [7, 11) is 0. The van der Waals surface area contributed by atoms with Crippen LogP contribution in [0.4, 0.5) is 4.39 Å². The number of amides is 1. The third-order valence-corrected chi connectivity index (χ3v) is 4.58. The summed E-state index contributed by atoms with van der Waals surface area (Å²) < 4.78 is 18.3. The van der Waals surface area contributed by atoms with Gasteiger partial charge in [0.25, 0.3) is 0 Å². The lowest BCUT2D eigenvalue weighted by atomic mass is 10.2. The Labute approximate surface area is 155 Å². The molecule has 0 fully saturated rings. The van der Waals surface area contributed by atoms with Crippen LogP contribution in [0.1, 0.15) is 12.1 Å². The molecule has 1 amide bonds. The number of ether oxygens (including phenoxy) is 1. The first kappa shape index (κ1) is 18.1. The predicted octanol–water partition coefficient (Wildman–Crippen LogP) is 4.08. The normalized spacial score (nSPS) is 10.5. The first-order chi connectivity index (χ1) is 12.7. The number of carbonyl (C=O) groups excluding carboxylic acids is 1. The SMILES string of the molecule is O=C(Cc1csc(-c2ccccc2)n1)NCCCOc1ccc(F)cc1. The second-order valence-corrected chi connectivity index (χ2v) is 6.55. The number of nitrogens with one attached hydrogen (secondary N) is 1. The molecule has 3 aromatic rings. The van der Waals surface area contributed by atoms with E-state index in [2.05, 4.69) is 10.3 Å². The van der Waals surface area contributed by atoms with E-state index >= 15 is 0 Å². The monoisotopic (exact) mass is 370 g/mol. The Morgan fingerprint density at radius 3 is 2.65 bits per heavy atom.